The molecule has 11 nitrogen and oxygen atoms in total. The Morgan fingerprint density at radius 1 is 1.00 bits per heavy atom. The van der Waals surface area contributed by atoms with Crippen LogP contribution in [0.1, 0.15) is 37.6 Å². The van der Waals surface area contributed by atoms with E-state index in [1.54, 1.807) is 59.3 Å². The Morgan fingerprint density at radius 2 is 1.70 bits per heavy atom. The van der Waals surface area contributed by atoms with Gasteiger partial charge in [-0.3, -0.25) is 15.5 Å². The van der Waals surface area contributed by atoms with E-state index in [0.29, 0.717) is 39.8 Å². The second kappa shape index (κ2) is 12.1. The summed E-state index contributed by atoms with van der Waals surface area (Å²) < 4.78 is 47.7. The van der Waals surface area contributed by atoms with Crippen molar-refractivity contribution in [1.82, 2.24) is 19.6 Å². The Balaban J connectivity index is 1.36. The second-order valence-corrected chi connectivity index (χ2v) is 13.4. The predicted molar refractivity (Wildman–Crippen MR) is 164 cm³/mol. The maximum Gasteiger partial charge on any atom is 0.324 e. The van der Waals surface area contributed by atoms with Gasteiger partial charge >= 0.3 is 6.03 Å². The summed E-state index contributed by atoms with van der Waals surface area (Å²) in [6.07, 6.45) is 0.0204. The largest absolute Gasteiger partial charge is 0.497 e. The molecule has 1 unspecified atom stereocenters. The third-order valence-electron chi connectivity index (χ3n) is 7.08. The van der Waals surface area contributed by atoms with E-state index < -0.39 is 33.0 Å². The molecule has 1 aliphatic rings. The van der Waals surface area contributed by atoms with Crippen molar-refractivity contribution in [2.45, 2.75) is 44.4 Å². The molecule has 0 radical (unpaired) electrons. The normalized spacial score (nSPS) is 16.4. The maximum atomic E-state index is 13.4. The highest BCUT2D eigenvalue weighted by atomic mass is 32.2. The Kier molecular flexibility index (Phi) is 8.44. The van der Waals surface area contributed by atoms with E-state index in [-0.39, 0.29) is 18.4 Å². The fourth-order valence-corrected chi connectivity index (χ4v) is 6.23. The van der Waals surface area contributed by atoms with E-state index in [2.05, 4.69) is 16.1 Å². The van der Waals surface area contributed by atoms with Gasteiger partial charge in [0.15, 0.2) is 5.25 Å². The number of hydrogen-bond donors (Lipinski definition) is 3. The number of ether oxygens (including phenoxy) is 1. The number of carbonyl (C=O) groups excluding carboxylic acids is 2. The fraction of sp³-hybridized carbons (Fsp3) is 0.258. The number of hydrazine groups is 1. The molecule has 3 aromatic carbocycles. The van der Waals surface area contributed by atoms with Crippen LogP contribution in [-0.4, -0.2) is 46.9 Å². The summed E-state index contributed by atoms with van der Waals surface area (Å²) in [6.45, 7) is 5.85. The van der Waals surface area contributed by atoms with Crippen LogP contribution in [0, 0.1) is 5.82 Å². The van der Waals surface area contributed by atoms with Crippen molar-refractivity contribution in [3.8, 4) is 11.4 Å². The first-order valence-corrected chi connectivity index (χ1v) is 15.3. The van der Waals surface area contributed by atoms with Gasteiger partial charge in [0, 0.05) is 17.2 Å². The molecule has 13 heteroatoms. The molecule has 2 heterocycles. The molecular weight excluding hydrogens is 587 g/mol. The first-order valence-electron chi connectivity index (χ1n) is 13.8. The lowest BCUT2D eigenvalue weighted by Crippen LogP contribution is -2.35. The standard InChI is InChI=1S/C31H33FN6O5S/c1-31(2,3)27-18-28(34-30(40)33-23-12-10-22(32)11-13-23)38(35-27)24-7-5-6-21(16-24)19-37-36-29(39)26(44(37,41)42)17-20-8-14-25(43-4)15-9-20/h5-16,18,26H,17,19H2,1-4H3,(H,36,39)(H2,33,34,40). The molecule has 3 N–H and O–H groups in total. The van der Waals surface area contributed by atoms with Crippen LogP contribution in [0.5, 0.6) is 5.75 Å². The van der Waals surface area contributed by atoms with Gasteiger partial charge in [-0.15, -0.1) is 4.41 Å². The van der Waals surface area contributed by atoms with Gasteiger partial charge in [-0.1, -0.05) is 45.0 Å². The first-order chi connectivity index (χ1) is 20.8. The number of aromatic nitrogens is 2. The molecule has 1 saturated heterocycles. The highest BCUT2D eigenvalue weighted by molar-refractivity contribution is 7.90. The molecule has 0 bridgehead atoms. The predicted octanol–water partition coefficient (Wildman–Crippen LogP) is 4.75. The number of carbonyl (C=O) groups is 2. The van der Waals surface area contributed by atoms with Crippen molar-refractivity contribution in [2.24, 2.45) is 0 Å². The lowest BCUT2D eigenvalue weighted by molar-refractivity contribution is -0.122. The number of nitrogens with one attached hydrogen (secondary N) is 3. The van der Waals surface area contributed by atoms with Gasteiger partial charge in [0.1, 0.15) is 17.4 Å². The zero-order chi connectivity index (χ0) is 31.6. The van der Waals surface area contributed by atoms with Crippen LogP contribution >= 0.6 is 0 Å². The van der Waals surface area contributed by atoms with E-state index >= 15 is 0 Å². The first kappa shape index (κ1) is 30.7. The van der Waals surface area contributed by atoms with Crippen LogP contribution in [0.2, 0.25) is 0 Å². The number of methoxy groups -OCH3 is 1. The monoisotopic (exact) mass is 620 g/mol. The van der Waals surface area contributed by atoms with E-state index in [0.717, 1.165) is 4.41 Å². The van der Waals surface area contributed by atoms with Gasteiger partial charge in [-0.25, -0.2) is 22.3 Å². The third kappa shape index (κ3) is 6.74. The van der Waals surface area contributed by atoms with Gasteiger partial charge in [0.05, 0.1) is 25.0 Å². The van der Waals surface area contributed by atoms with Crippen molar-refractivity contribution in [1.29, 1.82) is 0 Å². The summed E-state index contributed by atoms with van der Waals surface area (Å²) in [7, 11) is -2.47. The summed E-state index contributed by atoms with van der Waals surface area (Å²) in [5.41, 5.74) is 5.11. The van der Waals surface area contributed by atoms with E-state index in [9.17, 15) is 22.4 Å². The van der Waals surface area contributed by atoms with Crippen molar-refractivity contribution in [2.75, 3.05) is 17.7 Å². The number of sulfonamides is 1. The van der Waals surface area contributed by atoms with Gasteiger partial charge in [-0.05, 0) is 66.1 Å². The molecule has 1 atom stereocenters. The summed E-state index contributed by atoms with van der Waals surface area (Å²) in [5, 5.41) is 8.92. The minimum Gasteiger partial charge on any atom is -0.497 e. The zero-order valence-corrected chi connectivity index (χ0v) is 25.5. The van der Waals surface area contributed by atoms with Crippen molar-refractivity contribution in [3.05, 3.63) is 102 Å². The van der Waals surface area contributed by atoms with Gasteiger partial charge in [0.25, 0.3) is 5.91 Å². The molecule has 3 amide bonds. The Labute approximate surface area is 255 Å². The Morgan fingerprint density at radius 3 is 2.36 bits per heavy atom. The van der Waals surface area contributed by atoms with Gasteiger partial charge < -0.3 is 10.1 Å². The number of benzene rings is 3. The molecule has 0 aliphatic carbocycles. The third-order valence-corrected chi connectivity index (χ3v) is 9.01. The van der Waals surface area contributed by atoms with Crippen molar-refractivity contribution < 1.29 is 27.1 Å². The Bertz CT molecular complexity index is 1780. The number of halogens is 1. The number of anilines is 2. The molecular formula is C31H33FN6O5S. The molecule has 1 fully saturated rings. The quantitative estimate of drug-likeness (QED) is 0.260. The van der Waals surface area contributed by atoms with Crippen LogP contribution in [0.15, 0.2) is 78.9 Å². The summed E-state index contributed by atoms with van der Waals surface area (Å²) in [4.78, 5) is 25.6. The summed E-state index contributed by atoms with van der Waals surface area (Å²) in [5.74, 6) is -0.0173. The van der Waals surface area contributed by atoms with E-state index in [1.807, 2.05) is 20.8 Å². The second-order valence-electron chi connectivity index (χ2n) is 11.4. The van der Waals surface area contributed by atoms with Crippen LogP contribution in [0.3, 0.4) is 0 Å². The molecule has 44 heavy (non-hydrogen) atoms. The molecule has 4 aromatic rings. The molecule has 5 rings (SSSR count). The molecule has 1 aromatic heterocycles. The highest BCUT2D eigenvalue weighted by Crippen LogP contribution is 2.28. The molecule has 0 spiro atoms. The van der Waals surface area contributed by atoms with Crippen molar-refractivity contribution >= 4 is 33.5 Å². The number of rotatable bonds is 8. The number of urea groups is 1. The average Bonchev–Trinajstić information content (AvgIpc) is 3.49. The lowest BCUT2D eigenvalue weighted by Gasteiger charge is -2.16. The fourth-order valence-electron chi connectivity index (χ4n) is 4.65. The smallest absolute Gasteiger partial charge is 0.324 e. The van der Waals surface area contributed by atoms with Gasteiger partial charge in [0.2, 0.25) is 10.0 Å². The van der Waals surface area contributed by atoms with E-state index in [1.165, 1.54) is 31.4 Å². The number of hydrogen-bond acceptors (Lipinski definition) is 6. The zero-order valence-electron chi connectivity index (χ0n) is 24.7. The number of amides is 3. The minimum atomic E-state index is -4.01. The maximum absolute atomic E-state index is 13.4. The Hall–Kier alpha value is -4.75. The lowest BCUT2D eigenvalue weighted by atomic mass is 9.92. The van der Waals surface area contributed by atoms with Crippen LogP contribution in [-0.2, 0) is 33.2 Å². The average molecular weight is 621 g/mol. The van der Waals surface area contributed by atoms with Crippen LogP contribution in [0.4, 0.5) is 20.7 Å². The van der Waals surface area contributed by atoms with Crippen molar-refractivity contribution in [3.63, 3.8) is 0 Å². The van der Waals surface area contributed by atoms with Gasteiger partial charge in [-0.2, -0.15) is 5.10 Å². The van der Waals surface area contributed by atoms with Crippen LogP contribution in [0.25, 0.3) is 5.69 Å². The molecule has 230 valence electrons. The summed E-state index contributed by atoms with van der Waals surface area (Å²) >= 11 is 0. The number of nitrogens with zero attached hydrogens (tertiary/aromatic N) is 3. The SMILES string of the molecule is COc1ccc(CC2C(=O)NN(Cc3cccc(-n4nc(C(C)(C)C)cc4NC(=O)Nc4ccc(F)cc4)c3)S2(=O)=O)cc1. The van der Waals surface area contributed by atoms with Crippen LogP contribution < -0.4 is 20.8 Å². The highest BCUT2D eigenvalue weighted by Gasteiger charge is 2.45. The topological polar surface area (TPSA) is 135 Å². The molecule has 1 aliphatic heterocycles. The minimum absolute atomic E-state index is 0.0204. The van der Waals surface area contributed by atoms with E-state index in [4.69, 9.17) is 9.84 Å². The molecule has 0 saturated carbocycles. The summed E-state index contributed by atoms with van der Waals surface area (Å²) in [6, 6.07) is 20.5.